The highest BCUT2D eigenvalue weighted by molar-refractivity contribution is 5.85. The molecular weight excluding hydrogens is 247 g/mol. The van der Waals surface area contributed by atoms with Gasteiger partial charge in [0, 0.05) is 13.1 Å². The molecule has 5 heteroatoms. The molecule has 0 aliphatic heterocycles. The Hall–Kier alpha value is -1.91. The first-order chi connectivity index (χ1) is 9.08. The molecule has 0 saturated heterocycles. The predicted molar refractivity (Wildman–Crippen MR) is 71.0 cm³/mol. The maximum Gasteiger partial charge on any atom is 0.241 e. The summed E-state index contributed by atoms with van der Waals surface area (Å²) in [7, 11) is 0. The van der Waals surface area contributed by atoms with E-state index < -0.39 is 5.82 Å². The summed E-state index contributed by atoms with van der Waals surface area (Å²) in [5.41, 5.74) is 0.329. The van der Waals surface area contributed by atoms with Crippen molar-refractivity contribution in [3.05, 3.63) is 35.6 Å². The average molecular weight is 266 g/mol. The standard InChI is InChI=1S/C14H19FN2O2/c1-3-17(4-2)14(19)10-16-13(18)9-11-7-5-6-8-12(11)15/h5-8H,3-4,9-10H2,1-2H3,(H,16,18). The Labute approximate surface area is 112 Å². The van der Waals surface area contributed by atoms with Crippen LogP contribution >= 0.6 is 0 Å². The lowest BCUT2D eigenvalue weighted by Gasteiger charge is -2.18. The van der Waals surface area contributed by atoms with Gasteiger partial charge in [0.2, 0.25) is 11.8 Å². The van der Waals surface area contributed by atoms with Crippen LogP contribution < -0.4 is 5.32 Å². The van der Waals surface area contributed by atoms with Gasteiger partial charge in [-0.3, -0.25) is 9.59 Å². The molecule has 1 aromatic carbocycles. The van der Waals surface area contributed by atoms with Crippen molar-refractivity contribution in [2.24, 2.45) is 0 Å². The van der Waals surface area contributed by atoms with Crippen molar-refractivity contribution in [3.8, 4) is 0 Å². The van der Waals surface area contributed by atoms with Crippen molar-refractivity contribution in [1.82, 2.24) is 10.2 Å². The molecule has 4 nitrogen and oxygen atoms in total. The number of hydrogen-bond acceptors (Lipinski definition) is 2. The van der Waals surface area contributed by atoms with Gasteiger partial charge >= 0.3 is 0 Å². The average Bonchev–Trinajstić information content (AvgIpc) is 2.40. The molecule has 0 aromatic heterocycles. The van der Waals surface area contributed by atoms with Gasteiger partial charge in [0.05, 0.1) is 13.0 Å². The minimum absolute atomic E-state index is 0.0467. The van der Waals surface area contributed by atoms with E-state index in [4.69, 9.17) is 0 Å². The molecule has 0 heterocycles. The number of carbonyl (C=O) groups excluding carboxylic acids is 2. The number of carbonyl (C=O) groups is 2. The summed E-state index contributed by atoms with van der Waals surface area (Å²) in [6.07, 6.45) is -0.0573. The van der Waals surface area contributed by atoms with Crippen LogP contribution in [0.2, 0.25) is 0 Å². The van der Waals surface area contributed by atoms with Crippen molar-refractivity contribution in [2.45, 2.75) is 20.3 Å². The zero-order valence-electron chi connectivity index (χ0n) is 11.3. The van der Waals surface area contributed by atoms with Crippen LogP contribution in [0, 0.1) is 5.82 Å². The Bertz CT molecular complexity index is 445. The molecule has 1 aromatic rings. The first-order valence-electron chi connectivity index (χ1n) is 6.36. The summed E-state index contributed by atoms with van der Waals surface area (Å²) in [4.78, 5) is 24.9. The number of nitrogens with one attached hydrogen (secondary N) is 1. The van der Waals surface area contributed by atoms with Gasteiger partial charge in [-0.25, -0.2) is 4.39 Å². The Balaban J connectivity index is 2.44. The van der Waals surface area contributed by atoms with Crippen molar-refractivity contribution in [3.63, 3.8) is 0 Å². The molecule has 0 spiro atoms. The molecule has 2 amide bonds. The summed E-state index contributed by atoms with van der Waals surface area (Å²) >= 11 is 0. The monoisotopic (exact) mass is 266 g/mol. The molecule has 1 N–H and O–H groups in total. The number of nitrogens with zero attached hydrogens (tertiary/aromatic N) is 1. The summed E-state index contributed by atoms with van der Waals surface area (Å²) in [5, 5.41) is 2.51. The van der Waals surface area contributed by atoms with E-state index in [0.717, 1.165) is 0 Å². The van der Waals surface area contributed by atoms with Crippen LogP contribution in [-0.2, 0) is 16.0 Å². The fourth-order valence-electron chi connectivity index (χ4n) is 1.74. The van der Waals surface area contributed by atoms with E-state index in [1.165, 1.54) is 6.07 Å². The number of benzene rings is 1. The Morgan fingerprint density at radius 1 is 1.21 bits per heavy atom. The number of hydrogen-bond donors (Lipinski definition) is 1. The van der Waals surface area contributed by atoms with Gasteiger partial charge in [-0.05, 0) is 25.5 Å². The number of halogens is 1. The second-order valence-corrected chi connectivity index (χ2v) is 4.11. The second-order valence-electron chi connectivity index (χ2n) is 4.11. The van der Waals surface area contributed by atoms with Gasteiger partial charge in [-0.2, -0.15) is 0 Å². The molecule has 0 aliphatic rings. The third-order valence-corrected chi connectivity index (χ3v) is 2.86. The number of amides is 2. The second kappa shape index (κ2) is 7.51. The SMILES string of the molecule is CCN(CC)C(=O)CNC(=O)Cc1ccccc1F. The van der Waals surface area contributed by atoms with E-state index in [0.29, 0.717) is 18.7 Å². The van der Waals surface area contributed by atoms with Gasteiger partial charge < -0.3 is 10.2 Å². The minimum atomic E-state index is -0.410. The molecule has 19 heavy (non-hydrogen) atoms. The molecule has 0 bridgehead atoms. The summed E-state index contributed by atoms with van der Waals surface area (Å²) in [6.45, 7) is 4.93. The van der Waals surface area contributed by atoms with Crippen molar-refractivity contribution in [1.29, 1.82) is 0 Å². The van der Waals surface area contributed by atoms with Crippen LogP contribution in [0.4, 0.5) is 4.39 Å². The predicted octanol–water partition coefficient (Wildman–Crippen LogP) is 1.35. The minimum Gasteiger partial charge on any atom is -0.347 e. The fourth-order valence-corrected chi connectivity index (χ4v) is 1.74. The Morgan fingerprint density at radius 2 is 1.84 bits per heavy atom. The van der Waals surface area contributed by atoms with Crippen LogP contribution in [0.25, 0.3) is 0 Å². The lowest BCUT2D eigenvalue weighted by atomic mass is 10.1. The van der Waals surface area contributed by atoms with Crippen molar-refractivity contribution >= 4 is 11.8 Å². The lowest BCUT2D eigenvalue weighted by Crippen LogP contribution is -2.40. The molecule has 1 rings (SSSR count). The van der Waals surface area contributed by atoms with Crippen LogP contribution in [0.3, 0.4) is 0 Å². The first kappa shape index (κ1) is 15.1. The van der Waals surface area contributed by atoms with Gasteiger partial charge in [0.25, 0.3) is 0 Å². The van der Waals surface area contributed by atoms with Gasteiger partial charge in [0.1, 0.15) is 5.82 Å². The largest absolute Gasteiger partial charge is 0.347 e. The fraction of sp³-hybridized carbons (Fsp3) is 0.429. The smallest absolute Gasteiger partial charge is 0.241 e. The van der Waals surface area contributed by atoms with Crippen LogP contribution in [0.1, 0.15) is 19.4 Å². The maximum atomic E-state index is 13.3. The lowest BCUT2D eigenvalue weighted by molar-refractivity contribution is -0.132. The molecule has 104 valence electrons. The maximum absolute atomic E-state index is 13.3. The summed E-state index contributed by atoms with van der Waals surface area (Å²) in [6, 6.07) is 6.11. The third-order valence-electron chi connectivity index (χ3n) is 2.86. The normalized spacial score (nSPS) is 10.1. The highest BCUT2D eigenvalue weighted by Gasteiger charge is 2.12. The Kier molecular flexibility index (Phi) is 5.99. The third kappa shape index (κ3) is 4.69. The van der Waals surface area contributed by atoms with Gasteiger partial charge in [-0.15, -0.1) is 0 Å². The topological polar surface area (TPSA) is 49.4 Å². The van der Waals surface area contributed by atoms with Crippen molar-refractivity contribution in [2.75, 3.05) is 19.6 Å². The molecule has 0 saturated carbocycles. The Morgan fingerprint density at radius 3 is 2.42 bits per heavy atom. The molecule has 0 unspecified atom stereocenters. The van der Waals surface area contributed by atoms with Crippen molar-refractivity contribution < 1.29 is 14.0 Å². The van der Waals surface area contributed by atoms with Crippen LogP contribution in [-0.4, -0.2) is 36.3 Å². The van der Waals surface area contributed by atoms with E-state index in [-0.39, 0.29) is 24.8 Å². The highest BCUT2D eigenvalue weighted by Crippen LogP contribution is 2.06. The zero-order chi connectivity index (χ0) is 14.3. The van der Waals surface area contributed by atoms with E-state index in [1.54, 1.807) is 23.1 Å². The van der Waals surface area contributed by atoms with Crippen LogP contribution in [0.15, 0.2) is 24.3 Å². The van der Waals surface area contributed by atoms with Gasteiger partial charge in [0.15, 0.2) is 0 Å². The molecule has 0 atom stereocenters. The quantitative estimate of drug-likeness (QED) is 0.845. The number of rotatable bonds is 6. The van der Waals surface area contributed by atoms with E-state index >= 15 is 0 Å². The van der Waals surface area contributed by atoms with E-state index in [1.807, 2.05) is 13.8 Å². The molecule has 0 aliphatic carbocycles. The number of likely N-dealkylation sites (N-methyl/N-ethyl adjacent to an activating group) is 1. The summed E-state index contributed by atoms with van der Waals surface area (Å²) in [5.74, 6) is -0.898. The van der Waals surface area contributed by atoms with E-state index in [2.05, 4.69) is 5.32 Å². The first-order valence-corrected chi connectivity index (χ1v) is 6.36. The zero-order valence-corrected chi connectivity index (χ0v) is 11.3. The van der Waals surface area contributed by atoms with E-state index in [9.17, 15) is 14.0 Å². The van der Waals surface area contributed by atoms with Gasteiger partial charge in [-0.1, -0.05) is 18.2 Å². The highest BCUT2D eigenvalue weighted by atomic mass is 19.1. The van der Waals surface area contributed by atoms with Crippen LogP contribution in [0.5, 0.6) is 0 Å². The molecule has 0 radical (unpaired) electrons. The summed E-state index contributed by atoms with van der Waals surface area (Å²) < 4.78 is 13.3. The molecule has 0 fully saturated rings. The molecular formula is C14H19FN2O2.